The van der Waals surface area contributed by atoms with E-state index in [1.807, 2.05) is 6.07 Å². The molecule has 2 aromatic rings. The normalized spacial score (nSPS) is 9.84. The SMILES string of the molecule is N#Cc1ccccc1NC(=O)CCSc1ncco1. The molecule has 0 saturated carbocycles. The second kappa shape index (κ2) is 6.61. The van der Waals surface area contributed by atoms with E-state index < -0.39 is 0 Å². The van der Waals surface area contributed by atoms with Gasteiger partial charge in [-0.3, -0.25) is 4.79 Å². The summed E-state index contributed by atoms with van der Waals surface area (Å²) in [6, 6.07) is 8.94. The number of carbonyl (C=O) groups excluding carboxylic acids is 1. The van der Waals surface area contributed by atoms with Crippen molar-refractivity contribution in [2.75, 3.05) is 11.1 Å². The van der Waals surface area contributed by atoms with E-state index in [1.165, 1.54) is 18.0 Å². The number of amides is 1. The molecule has 0 bridgehead atoms. The fourth-order valence-electron chi connectivity index (χ4n) is 1.41. The molecule has 2 rings (SSSR count). The largest absolute Gasteiger partial charge is 0.440 e. The summed E-state index contributed by atoms with van der Waals surface area (Å²) < 4.78 is 5.05. The molecule has 0 aliphatic carbocycles. The average molecular weight is 273 g/mol. The lowest BCUT2D eigenvalue weighted by atomic mass is 10.2. The number of rotatable bonds is 5. The number of anilines is 1. The van der Waals surface area contributed by atoms with Gasteiger partial charge in [-0.15, -0.1) is 0 Å². The van der Waals surface area contributed by atoms with Gasteiger partial charge >= 0.3 is 0 Å². The molecular formula is C13H11N3O2S. The molecule has 1 aromatic heterocycles. The van der Waals surface area contributed by atoms with E-state index in [1.54, 1.807) is 30.5 Å². The number of para-hydroxylation sites is 1. The van der Waals surface area contributed by atoms with Gasteiger partial charge in [0.05, 0.1) is 17.4 Å². The first-order valence-corrected chi connectivity index (χ1v) is 6.59. The Bertz CT molecular complexity index is 590. The van der Waals surface area contributed by atoms with Crippen molar-refractivity contribution in [1.82, 2.24) is 4.98 Å². The van der Waals surface area contributed by atoms with Crippen LogP contribution >= 0.6 is 11.8 Å². The first-order chi connectivity index (χ1) is 9.29. The maximum atomic E-state index is 11.7. The van der Waals surface area contributed by atoms with Crippen LogP contribution in [-0.4, -0.2) is 16.6 Å². The molecule has 1 heterocycles. The van der Waals surface area contributed by atoms with Crippen LogP contribution in [0.4, 0.5) is 5.69 Å². The van der Waals surface area contributed by atoms with Gasteiger partial charge < -0.3 is 9.73 Å². The smallest absolute Gasteiger partial charge is 0.255 e. The van der Waals surface area contributed by atoms with E-state index >= 15 is 0 Å². The molecule has 0 spiro atoms. The van der Waals surface area contributed by atoms with Gasteiger partial charge in [0.1, 0.15) is 12.3 Å². The minimum absolute atomic E-state index is 0.137. The van der Waals surface area contributed by atoms with Crippen molar-refractivity contribution in [3.8, 4) is 6.07 Å². The maximum Gasteiger partial charge on any atom is 0.255 e. The Balaban J connectivity index is 1.83. The molecule has 96 valence electrons. The number of benzene rings is 1. The monoisotopic (exact) mass is 273 g/mol. The third-order valence-corrected chi connectivity index (χ3v) is 3.14. The predicted octanol–water partition coefficient (Wildman–Crippen LogP) is 2.67. The van der Waals surface area contributed by atoms with Crippen molar-refractivity contribution in [2.24, 2.45) is 0 Å². The molecule has 6 heteroatoms. The molecule has 0 aliphatic rings. The third kappa shape index (κ3) is 3.86. The summed E-state index contributed by atoms with van der Waals surface area (Å²) in [5, 5.41) is 12.2. The molecular weight excluding hydrogens is 262 g/mol. The summed E-state index contributed by atoms with van der Waals surface area (Å²) in [4.78, 5) is 15.7. The summed E-state index contributed by atoms with van der Waals surface area (Å²) in [5.41, 5.74) is 0.993. The van der Waals surface area contributed by atoms with E-state index in [0.29, 0.717) is 28.6 Å². The van der Waals surface area contributed by atoms with E-state index in [9.17, 15) is 4.79 Å². The average Bonchev–Trinajstić information content (AvgIpc) is 2.92. The predicted molar refractivity (Wildman–Crippen MR) is 71.6 cm³/mol. The Hall–Kier alpha value is -2.26. The van der Waals surface area contributed by atoms with Gasteiger partial charge in [0, 0.05) is 12.2 Å². The molecule has 0 saturated heterocycles. The van der Waals surface area contributed by atoms with E-state index in [4.69, 9.17) is 9.68 Å². The highest BCUT2D eigenvalue weighted by atomic mass is 32.2. The Morgan fingerprint density at radius 3 is 3.05 bits per heavy atom. The van der Waals surface area contributed by atoms with Crippen LogP contribution in [0, 0.1) is 11.3 Å². The van der Waals surface area contributed by atoms with Crippen LogP contribution < -0.4 is 5.32 Å². The number of nitriles is 1. The van der Waals surface area contributed by atoms with Crippen LogP contribution in [0.1, 0.15) is 12.0 Å². The molecule has 5 nitrogen and oxygen atoms in total. The van der Waals surface area contributed by atoms with Crippen LogP contribution in [0.3, 0.4) is 0 Å². The Kier molecular flexibility index (Phi) is 4.59. The lowest BCUT2D eigenvalue weighted by Crippen LogP contribution is -2.13. The van der Waals surface area contributed by atoms with Crippen LogP contribution in [-0.2, 0) is 4.79 Å². The van der Waals surface area contributed by atoms with Gasteiger partial charge in [-0.25, -0.2) is 4.98 Å². The van der Waals surface area contributed by atoms with E-state index in [2.05, 4.69) is 10.3 Å². The fourth-order valence-corrected chi connectivity index (χ4v) is 2.14. The molecule has 0 aliphatic heterocycles. The lowest BCUT2D eigenvalue weighted by molar-refractivity contribution is -0.115. The highest BCUT2D eigenvalue weighted by molar-refractivity contribution is 7.99. The zero-order valence-electron chi connectivity index (χ0n) is 10.00. The maximum absolute atomic E-state index is 11.7. The van der Waals surface area contributed by atoms with Crippen LogP contribution in [0.2, 0.25) is 0 Å². The molecule has 19 heavy (non-hydrogen) atoms. The zero-order chi connectivity index (χ0) is 13.5. The molecule has 1 aromatic carbocycles. The van der Waals surface area contributed by atoms with Gasteiger partial charge in [-0.05, 0) is 12.1 Å². The summed E-state index contributed by atoms with van der Waals surface area (Å²) in [7, 11) is 0. The van der Waals surface area contributed by atoms with E-state index in [0.717, 1.165) is 0 Å². The van der Waals surface area contributed by atoms with Crippen LogP contribution in [0.25, 0.3) is 0 Å². The zero-order valence-corrected chi connectivity index (χ0v) is 10.8. The minimum atomic E-state index is -0.137. The van der Waals surface area contributed by atoms with Crippen molar-refractivity contribution in [3.63, 3.8) is 0 Å². The Morgan fingerprint density at radius 1 is 1.47 bits per heavy atom. The molecule has 0 unspecified atom stereocenters. The first kappa shape index (κ1) is 13.2. The molecule has 1 amide bonds. The van der Waals surface area contributed by atoms with Crippen LogP contribution in [0.15, 0.2) is 46.4 Å². The van der Waals surface area contributed by atoms with Gasteiger partial charge in [0.15, 0.2) is 0 Å². The quantitative estimate of drug-likeness (QED) is 0.847. The molecule has 0 fully saturated rings. The van der Waals surface area contributed by atoms with Gasteiger partial charge in [-0.1, -0.05) is 23.9 Å². The van der Waals surface area contributed by atoms with Gasteiger partial charge in [0.2, 0.25) is 5.91 Å². The number of aromatic nitrogens is 1. The number of carbonyl (C=O) groups is 1. The van der Waals surface area contributed by atoms with Crippen molar-refractivity contribution in [2.45, 2.75) is 11.6 Å². The third-order valence-electron chi connectivity index (χ3n) is 2.29. The highest BCUT2D eigenvalue weighted by Gasteiger charge is 2.07. The van der Waals surface area contributed by atoms with Crippen LogP contribution in [0.5, 0.6) is 0 Å². The standard InChI is InChI=1S/C13H11N3O2S/c14-9-10-3-1-2-4-11(10)16-12(17)5-8-19-13-15-6-7-18-13/h1-4,6-7H,5,8H2,(H,16,17). The Labute approximate surface area is 114 Å². The number of nitrogens with zero attached hydrogens (tertiary/aromatic N) is 2. The lowest BCUT2D eigenvalue weighted by Gasteiger charge is -2.05. The number of nitrogens with one attached hydrogen (secondary N) is 1. The second-order valence-corrected chi connectivity index (χ2v) is 4.65. The van der Waals surface area contributed by atoms with Crippen molar-refractivity contribution >= 4 is 23.4 Å². The number of oxazole rings is 1. The van der Waals surface area contributed by atoms with Crippen molar-refractivity contribution < 1.29 is 9.21 Å². The summed E-state index contributed by atoms with van der Waals surface area (Å²) in [6.45, 7) is 0. The summed E-state index contributed by atoms with van der Waals surface area (Å²) in [5.74, 6) is 0.433. The highest BCUT2D eigenvalue weighted by Crippen LogP contribution is 2.17. The second-order valence-electron chi connectivity index (χ2n) is 3.60. The number of hydrogen-bond acceptors (Lipinski definition) is 5. The van der Waals surface area contributed by atoms with Crippen molar-refractivity contribution in [3.05, 3.63) is 42.3 Å². The molecule has 1 N–H and O–H groups in total. The van der Waals surface area contributed by atoms with Gasteiger partial charge in [0.25, 0.3) is 5.22 Å². The number of hydrogen-bond donors (Lipinski definition) is 1. The van der Waals surface area contributed by atoms with Gasteiger partial charge in [-0.2, -0.15) is 5.26 Å². The Morgan fingerprint density at radius 2 is 2.32 bits per heavy atom. The minimum Gasteiger partial charge on any atom is -0.440 e. The summed E-state index contributed by atoms with van der Waals surface area (Å²) in [6.07, 6.45) is 3.38. The summed E-state index contributed by atoms with van der Waals surface area (Å²) >= 11 is 1.37. The molecule has 0 radical (unpaired) electrons. The first-order valence-electron chi connectivity index (χ1n) is 5.61. The van der Waals surface area contributed by atoms with Crippen molar-refractivity contribution in [1.29, 1.82) is 5.26 Å². The fraction of sp³-hybridized carbons (Fsp3) is 0.154. The molecule has 0 atom stereocenters. The van der Waals surface area contributed by atoms with E-state index in [-0.39, 0.29) is 5.91 Å². The topological polar surface area (TPSA) is 78.9 Å². The number of thioether (sulfide) groups is 1.